The summed E-state index contributed by atoms with van der Waals surface area (Å²) in [7, 11) is -3.10. The summed E-state index contributed by atoms with van der Waals surface area (Å²) in [6.07, 6.45) is 2.17. The second kappa shape index (κ2) is 9.70. The third-order valence-corrected chi connectivity index (χ3v) is 10.3. The van der Waals surface area contributed by atoms with E-state index >= 15 is 0 Å². The minimum atomic E-state index is -4.18. The molecule has 2 aliphatic heterocycles. The summed E-state index contributed by atoms with van der Waals surface area (Å²) in [5.74, 6) is -0.228. The van der Waals surface area contributed by atoms with Crippen molar-refractivity contribution in [2.24, 2.45) is 0 Å². The summed E-state index contributed by atoms with van der Waals surface area (Å²) in [6.45, 7) is 11.6. The predicted octanol–water partition coefficient (Wildman–Crippen LogP) is 3.85. The van der Waals surface area contributed by atoms with Gasteiger partial charge in [0.05, 0.1) is 37.5 Å². The first kappa shape index (κ1) is 27.0. The number of nitrogens with one attached hydrogen (secondary N) is 1. The van der Waals surface area contributed by atoms with Crippen LogP contribution in [0, 0.1) is 18.3 Å². The first-order valence-corrected chi connectivity index (χ1v) is 15.1. The zero-order valence-corrected chi connectivity index (χ0v) is 24.2. The molecule has 210 valence electrons. The Kier molecular flexibility index (Phi) is 6.54. The maximum absolute atomic E-state index is 14.1. The second-order valence-electron chi connectivity index (χ2n) is 11.5. The number of nitrogens with zero attached hydrogens (tertiary/aromatic N) is 3. The molecule has 0 atom stereocenters. The molecule has 0 unspecified atom stereocenters. The maximum Gasteiger partial charge on any atom is 0.297 e. The van der Waals surface area contributed by atoms with Crippen LogP contribution in [0.4, 0.5) is 5.69 Å². The molecule has 1 aromatic heterocycles. The van der Waals surface area contributed by atoms with Crippen LogP contribution in [-0.2, 0) is 24.5 Å². The van der Waals surface area contributed by atoms with Gasteiger partial charge in [-0.05, 0) is 55.2 Å². The highest BCUT2D eigenvalue weighted by Crippen LogP contribution is 2.47. The van der Waals surface area contributed by atoms with E-state index in [1.165, 1.54) is 6.07 Å². The van der Waals surface area contributed by atoms with Crippen LogP contribution in [-0.4, -0.2) is 76.6 Å². The lowest BCUT2D eigenvalue weighted by atomic mass is 9.70. The summed E-state index contributed by atoms with van der Waals surface area (Å²) in [5, 5.41) is 9.83. The summed E-state index contributed by atoms with van der Waals surface area (Å²) in [5.41, 5.74) is 4.58. The zero-order chi connectivity index (χ0) is 28.4. The van der Waals surface area contributed by atoms with E-state index in [0.717, 1.165) is 76.2 Å². The molecule has 6 rings (SSSR count). The van der Waals surface area contributed by atoms with Gasteiger partial charge in [-0.25, -0.2) is 0 Å². The van der Waals surface area contributed by atoms with Crippen molar-refractivity contribution in [1.29, 1.82) is 5.26 Å². The number of aromatic amines is 1. The molecule has 0 radical (unpaired) electrons. The third-order valence-electron chi connectivity index (χ3n) is 8.95. The molecule has 2 saturated heterocycles. The SMILES string of the molecule is COS(=O)(=O)c1cc(C#N)cc2[nH]c3c(c12)C(=O)c1cc(C)c(N2CCC(N4CCOCC4)CC2)cc1C3(C)C. The Morgan fingerprint density at radius 1 is 1.10 bits per heavy atom. The average molecular weight is 563 g/mol. The topological polar surface area (TPSA) is 116 Å². The van der Waals surface area contributed by atoms with Crippen molar-refractivity contribution in [3.8, 4) is 6.07 Å². The van der Waals surface area contributed by atoms with Crippen molar-refractivity contribution >= 4 is 32.5 Å². The Morgan fingerprint density at radius 2 is 1.80 bits per heavy atom. The van der Waals surface area contributed by atoms with E-state index in [4.69, 9.17) is 8.92 Å². The molecule has 3 aromatic rings. The van der Waals surface area contributed by atoms with E-state index in [2.05, 4.69) is 20.9 Å². The third kappa shape index (κ3) is 4.15. The fourth-order valence-electron chi connectivity index (χ4n) is 6.77. The van der Waals surface area contributed by atoms with Crippen molar-refractivity contribution in [3.05, 3.63) is 57.8 Å². The number of ketones is 1. The molecular formula is C30H34N4O5S. The number of H-pyrrole nitrogens is 1. The molecule has 9 nitrogen and oxygen atoms in total. The second-order valence-corrected chi connectivity index (χ2v) is 13.2. The van der Waals surface area contributed by atoms with Gasteiger partial charge in [0.1, 0.15) is 4.90 Å². The zero-order valence-electron chi connectivity index (χ0n) is 23.3. The van der Waals surface area contributed by atoms with Crippen LogP contribution in [0.3, 0.4) is 0 Å². The number of piperidine rings is 1. The summed E-state index contributed by atoms with van der Waals surface area (Å²) in [4.78, 5) is 22.2. The van der Waals surface area contributed by atoms with Gasteiger partial charge in [0.25, 0.3) is 10.1 Å². The number of morpholine rings is 1. The smallest absolute Gasteiger partial charge is 0.297 e. The van der Waals surface area contributed by atoms with Crippen LogP contribution in [0.15, 0.2) is 29.2 Å². The van der Waals surface area contributed by atoms with Crippen molar-refractivity contribution < 1.29 is 22.1 Å². The average Bonchev–Trinajstić information content (AvgIpc) is 3.36. The van der Waals surface area contributed by atoms with Gasteiger partial charge in [-0.15, -0.1) is 0 Å². The molecule has 3 aliphatic rings. The minimum Gasteiger partial charge on any atom is -0.379 e. The van der Waals surface area contributed by atoms with Crippen molar-refractivity contribution in [3.63, 3.8) is 0 Å². The fraction of sp³-hybridized carbons (Fsp3) is 0.467. The van der Waals surface area contributed by atoms with Gasteiger partial charge in [-0.2, -0.15) is 13.7 Å². The lowest BCUT2D eigenvalue weighted by Crippen LogP contribution is -2.49. The number of hydrogen-bond donors (Lipinski definition) is 1. The molecule has 1 aliphatic carbocycles. The summed E-state index contributed by atoms with van der Waals surface area (Å²) >= 11 is 0. The maximum atomic E-state index is 14.1. The first-order chi connectivity index (χ1) is 19.1. The molecule has 40 heavy (non-hydrogen) atoms. The van der Waals surface area contributed by atoms with Gasteiger partial charge < -0.3 is 14.6 Å². The van der Waals surface area contributed by atoms with E-state index in [-0.39, 0.29) is 21.6 Å². The predicted molar refractivity (Wildman–Crippen MR) is 152 cm³/mol. The monoisotopic (exact) mass is 562 g/mol. The Hall–Kier alpha value is -3.23. The molecule has 2 fully saturated rings. The number of fused-ring (bicyclic) bond motifs is 4. The van der Waals surface area contributed by atoms with E-state index in [1.54, 1.807) is 6.07 Å². The van der Waals surface area contributed by atoms with Crippen LogP contribution < -0.4 is 4.90 Å². The Balaban J connectivity index is 1.42. The lowest BCUT2D eigenvalue weighted by Gasteiger charge is -2.42. The molecular weight excluding hydrogens is 528 g/mol. The Morgan fingerprint density at radius 3 is 2.45 bits per heavy atom. The van der Waals surface area contributed by atoms with Crippen LogP contribution in [0.25, 0.3) is 10.9 Å². The van der Waals surface area contributed by atoms with Crippen molar-refractivity contribution in [1.82, 2.24) is 9.88 Å². The van der Waals surface area contributed by atoms with E-state index in [0.29, 0.717) is 28.4 Å². The number of benzene rings is 2. The fourth-order valence-corrected chi connectivity index (χ4v) is 7.68. The Labute approximate surface area is 234 Å². The Bertz CT molecular complexity index is 1670. The van der Waals surface area contributed by atoms with Crippen molar-refractivity contribution in [2.75, 3.05) is 51.4 Å². The van der Waals surface area contributed by atoms with Crippen LogP contribution in [0.2, 0.25) is 0 Å². The van der Waals surface area contributed by atoms with Gasteiger partial charge in [-0.1, -0.05) is 13.8 Å². The van der Waals surface area contributed by atoms with Gasteiger partial charge in [0, 0.05) is 65.5 Å². The number of rotatable bonds is 4. The van der Waals surface area contributed by atoms with E-state index < -0.39 is 15.5 Å². The van der Waals surface area contributed by atoms with Crippen LogP contribution >= 0.6 is 0 Å². The number of carbonyl (C=O) groups excluding carboxylic acids is 1. The highest BCUT2D eigenvalue weighted by atomic mass is 32.2. The molecule has 0 bridgehead atoms. The van der Waals surface area contributed by atoms with E-state index in [1.807, 2.05) is 32.9 Å². The standard InChI is InChI=1S/C30H34N4O5S/c1-18-13-21-22(16-24(18)34-7-5-20(6-8-34)33-9-11-39-12-10-33)30(2,3)29-27(28(21)35)26-23(32-29)14-19(17-31)15-25(26)40(36,37)38-4/h13-16,20,32H,5-12H2,1-4H3. The van der Waals surface area contributed by atoms with Crippen LogP contribution in [0.1, 0.15) is 65.0 Å². The van der Waals surface area contributed by atoms with Crippen LogP contribution in [0.5, 0.6) is 0 Å². The molecule has 0 spiro atoms. The number of hydrogen-bond acceptors (Lipinski definition) is 8. The van der Waals surface area contributed by atoms with Gasteiger partial charge in [0.15, 0.2) is 5.78 Å². The molecule has 1 N–H and O–H groups in total. The van der Waals surface area contributed by atoms with Gasteiger partial charge in [0.2, 0.25) is 0 Å². The quantitative estimate of drug-likeness (QED) is 0.477. The number of aryl methyl sites for hydroxylation is 1. The first-order valence-electron chi connectivity index (χ1n) is 13.7. The molecule has 0 saturated carbocycles. The summed E-state index contributed by atoms with van der Waals surface area (Å²) in [6, 6.07) is 9.57. The highest BCUT2D eigenvalue weighted by Gasteiger charge is 2.42. The minimum absolute atomic E-state index is 0.170. The van der Waals surface area contributed by atoms with Crippen molar-refractivity contribution in [2.45, 2.75) is 50.0 Å². The van der Waals surface area contributed by atoms with Gasteiger partial charge in [-0.3, -0.25) is 13.9 Å². The highest BCUT2D eigenvalue weighted by molar-refractivity contribution is 7.87. The number of anilines is 1. The summed E-state index contributed by atoms with van der Waals surface area (Å²) < 4.78 is 36.2. The lowest BCUT2D eigenvalue weighted by molar-refractivity contribution is 0.0115. The number of nitriles is 1. The van der Waals surface area contributed by atoms with Gasteiger partial charge >= 0.3 is 0 Å². The molecule has 2 aromatic carbocycles. The molecule has 3 heterocycles. The van der Waals surface area contributed by atoms with E-state index in [9.17, 15) is 18.5 Å². The number of carbonyl (C=O) groups is 1. The number of ether oxygens (including phenoxy) is 1. The largest absolute Gasteiger partial charge is 0.379 e. The normalized spacial score (nSPS) is 19.9. The molecule has 10 heteroatoms. The number of aromatic nitrogens is 1. The molecule has 0 amide bonds.